The molecule has 6 nitrogen and oxygen atoms in total. The summed E-state index contributed by atoms with van der Waals surface area (Å²) in [6.45, 7) is 5.99. The average molecular weight is 318 g/mol. The molecule has 0 amide bonds. The van der Waals surface area contributed by atoms with E-state index in [0.29, 0.717) is 17.4 Å². The van der Waals surface area contributed by atoms with Gasteiger partial charge in [-0.1, -0.05) is 25.2 Å². The number of sulfone groups is 1. The van der Waals surface area contributed by atoms with E-state index in [9.17, 15) is 18.3 Å². The second-order valence-corrected chi connectivity index (χ2v) is 8.53. The number of hydrogen-bond acceptors (Lipinski definition) is 6. The smallest absolute Gasteiger partial charge is 0.347 e. The van der Waals surface area contributed by atoms with Crippen LogP contribution in [0.1, 0.15) is 42.1 Å². The van der Waals surface area contributed by atoms with Crippen LogP contribution in [-0.2, 0) is 9.84 Å². The summed E-state index contributed by atoms with van der Waals surface area (Å²) in [5, 5.41) is 9.84. The Morgan fingerprint density at radius 1 is 1.50 bits per heavy atom. The molecule has 20 heavy (non-hydrogen) atoms. The Hall–Kier alpha value is -1.15. The van der Waals surface area contributed by atoms with E-state index in [4.69, 9.17) is 0 Å². The minimum absolute atomic E-state index is 0.0231. The zero-order valence-corrected chi connectivity index (χ0v) is 13.3. The molecule has 1 N–H and O–H groups in total. The van der Waals surface area contributed by atoms with Crippen LogP contribution < -0.4 is 4.90 Å². The molecule has 1 aromatic rings. The van der Waals surface area contributed by atoms with Crippen molar-refractivity contribution in [2.45, 2.75) is 32.7 Å². The molecule has 0 aromatic carbocycles. The topological polar surface area (TPSA) is 87.6 Å². The van der Waals surface area contributed by atoms with Crippen LogP contribution in [0.3, 0.4) is 0 Å². The summed E-state index contributed by atoms with van der Waals surface area (Å²) in [7, 11) is -2.99. The monoisotopic (exact) mass is 318 g/mol. The number of carboxylic acid groups (broad SMARTS) is 1. The van der Waals surface area contributed by atoms with Crippen LogP contribution in [-0.4, -0.2) is 48.6 Å². The molecule has 1 atom stereocenters. The van der Waals surface area contributed by atoms with Gasteiger partial charge in [-0.15, -0.1) is 0 Å². The van der Waals surface area contributed by atoms with Crippen LogP contribution in [0.4, 0.5) is 5.13 Å². The fraction of sp³-hybridized carbons (Fsp3) is 0.667. The second kappa shape index (κ2) is 5.33. The molecule has 1 fully saturated rings. The van der Waals surface area contributed by atoms with E-state index in [1.807, 2.05) is 25.7 Å². The van der Waals surface area contributed by atoms with E-state index in [1.165, 1.54) is 0 Å². The Bertz CT molecular complexity index is 621. The maximum absolute atomic E-state index is 11.6. The standard InChI is InChI=1S/C12H18N2O4S2/c1-7(2)9-10(11(15)16)19-12(13-9)14-4-5-20(17,18)6-8(14)3/h7-8H,4-6H2,1-3H3,(H,15,16). The third kappa shape index (κ3) is 2.95. The minimum Gasteiger partial charge on any atom is -0.477 e. The molecule has 112 valence electrons. The molecule has 0 aliphatic carbocycles. The van der Waals surface area contributed by atoms with Gasteiger partial charge in [-0.05, 0) is 12.8 Å². The van der Waals surface area contributed by atoms with Crippen LogP contribution >= 0.6 is 11.3 Å². The van der Waals surface area contributed by atoms with Crippen molar-refractivity contribution < 1.29 is 18.3 Å². The van der Waals surface area contributed by atoms with E-state index in [0.717, 1.165) is 11.3 Å². The molecule has 1 saturated heterocycles. The summed E-state index contributed by atoms with van der Waals surface area (Å²) in [5.74, 6) is -0.771. The first-order chi connectivity index (χ1) is 9.21. The molecule has 1 aromatic heterocycles. The van der Waals surface area contributed by atoms with Gasteiger partial charge in [-0.2, -0.15) is 0 Å². The number of anilines is 1. The van der Waals surface area contributed by atoms with E-state index >= 15 is 0 Å². The third-order valence-electron chi connectivity index (χ3n) is 3.30. The number of carbonyl (C=O) groups is 1. The summed E-state index contributed by atoms with van der Waals surface area (Å²) < 4.78 is 23.2. The van der Waals surface area contributed by atoms with Gasteiger partial charge in [0.2, 0.25) is 0 Å². The molecule has 1 aliphatic heterocycles. The molecule has 8 heteroatoms. The van der Waals surface area contributed by atoms with Crippen LogP contribution in [0, 0.1) is 0 Å². The molecule has 0 spiro atoms. The summed E-state index contributed by atoms with van der Waals surface area (Å²) >= 11 is 1.13. The lowest BCUT2D eigenvalue weighted by Crippen LogP contribution is -2.47. The largest absolute Gasteiger partial charge is 0.477 e. The van der Waals surface area contributed by atoms with Crippen molar-refractivity contribution in [2.75, 3.05) is 23.0 Å². The zero-order valence-electron chi connectivity index (χ0n) is 11.7. The van der Waals surface area contributed by atoms with Gasteiger partial charge in [-0.3, -0.25) is 0 Å². The fourth-order valence-corrected chi connectivity index (χ4v) is 5.02. The van der Waals surface area contributed by atoms with E-state index in [2.05, 4.69) is 4.98 Å². The summed E-state index contributed by atoms with van der Waals surface area (Å²) in [4.78, 5) is 17.8. The summed E-state index contributed by atoms with van der Waals surface area (Å²) in [5.41, 5.74) is 0.568. The van der Waals surface area contributed by atoms with Crippen molar-refractivity contribution in [2.24, 2.45) is 0 Å². The van der Waals surface area contributed by atoms with Crippen LogP contribution in [0.2, 0.25) is 0 Å². The van der Waals surface area contributed by atoms with Crippen LogP contribution in [0.15, 0.2) is 0 Å². The lowest BCUT2D eigenvalue weighted by Gasteiger charge is -2.32. The van der Waals surface area contributed by atoms with Crippen LogP contribution in [0.25, 0.3) is 0 Å². The quantitative estimate of drug-likeness (QED) is 0.910. The fourth-order valence-electron chi connectivity index (χ4n) is 2.27. The summed E-state index contributed by atoms with van der Waals surface area (Å²) in [6, 6.07) is -0.179. The third-order valence-corrected chi connectivity index (χ3v) is 6.19. The molecule has 0 bridgehead atoms. The maximum Gasteiger partial charge on any atom is 0.347 e. The van der Waals surface area contributed by atoms with Gasteiger partial charge in [0.1, 0.15) is 4.88 Å². The SMILES string of the molecule is CC(C)c1nc(N2CCS(=O)(=O)CC2C)sc1C(=O)O. The first-order valence-electron chi connectivity index (χ1n) is 6.42. The van der Waals surface area contributed by atoms with Gasteiger partial charge in [0.15, 0.2) is 15.0 Å². The van der Waals surface area contributed by atoms with Gasteiger partial charge in [0, 0.05) is 12.6 Å². The Kier molecular flexibility index (Phi) is 4.06. The number of aromatic carboxylic acids is 1. The predicted octanol–water partition coefficient (Wildman–Crippen LogP) is 1.59. The number of nitrogens with zero attached hydrogens (tertiary/aromatic N) is 2. The number of hydrogen-bond donors (Lipinski definition) is 1. The van der Waals surface area contributed by atoms with E-state index in [1.54, 1.807) is 0 Å². The Morgan fingerprint density at radius 3 is 2.60 bits per heavy atom. The molecule has 0 radical (unpaired) electrons. The highest BCUT2D eigenvalue weighted by atomic mass is 32.2. The number of carboxylic acids is 1. The molecule has 2 rings (SSSR count). The molecule has 1 unspecified atom stereocenters. The van der Waals surface area contributed by atoms with Crippen LogP contribution in [0.5, 0.6) is 0 Å². The Morgan fingerprint density at radius 2 is 2.15 bits per heavy atom. The van der Waals surface area contributed by atoms with Crippen molar-refractivity contribution in [3.8, 4) is 0 Å². The first-order valence-corrected chi connectivity index (χ1v) is 9.06. The maximum atomic E-state index is 11.6. The molecular weight excluding hydrogens is 300 g/mol. The lowest BCUT2D eigenvalue weighted by molar-refractivity contribution is 0.0700. The highest BCUT2D eigenvalue weighted by molar-refractivity contribution is 7.91. The van der Waals surface area contributed by atoms with Crippen molar-refractivity contribution in [1.82, 2.24) is 4.98 Å². The van der Waals surface area contributed by atoms with Gasteiger partial charge in [0.25, 0.3) is 0 Å². The summed E-state index contributed by atoms with van der Waals surface area (Å²) in [6.07, 6.45) is 0. The second-order valence-electron chi connectivity index (χ2n) is 5.33. The zero-order chi connectivity index (χ0) is 15.1. The van der Waals surface area contributed by atoms with Gasteiger partial charge in [-0.25, -0.2) is 18.2 Å². The number of thiazole rings is 1. The molecule has 2 heterocycles. The average Bonchev–Trinajstić information content (AvgIpc) is 2.72. The van der Waals surface area contributed by atoms with Gasteiger partial charge >= 0.3 is 5.97 Å². The van der Waals surface area contributed by atoms with E-state index in [-0.39, 0.29) is 28.3 Å². The Balaban J connectivity index is 2.34. The van der Waals surface area contributed by atoms with Gasteiger partial charge in [0.05, 0.1) is 17.2 Å². The molecular formula is C12H18N2O4S2. The first kappa shape index (κ1) is 15.2. The van der Waals surface area contributed by atoms with Crippen molar-refractivity contribution in [1.29, 1.82) is 0 Å². The van der Waals surface area contributed by atoms with E-state index < -0.39 is 15.8 Å². The highest BCUT2D eigenvalue weighted by Gasteiger charge is 2.31. The Labute approximate surface area is 122 Å². The lowest BCUT2D eigenvalue weighted by atomic mass is 10.1. The van der Waals surface area contributed by atoms with Crippen molar-refractivity contribution in [3.05, 3.63) is 10.6 Å². The number of aromatic nitrogens is 1. The predicted molar refractivity (Wildman–Crippen MR) is 78.6 cm³/mol. The molecule has 0 saturated carbocycles. The normalized spacial score (nSPS) is 22.2. The minimum atomic E-state index is -2.99. The van der Waals surface area contributed by atoms with Crippen molar-refractivity contribution >= 4 is 32.3 Å². The highest BCUT2D eigenvalue weighted by Crippen LogP contribution is 2.32. The number of rotatable bonds is 3. The molecule has 1 aliphatic rings. The van der Waals surface area contributed by atoms with Gasteiger partial charge < -0.3 is 10.0 Å². The van der Waals surface area contributed by atoms with Crippen molar-refractivity contribution in [3.63, 3.8) is 0 Å².